The second-order valence-electron chi connectivity index (χ2n) is 12.8. The Kier molecular flexibility index (Phi) is 9.43. The van der Waals surface area contributed by atoms with Crippen molar-refractivity contribution >= 4 is 11.8 Å². The number of carbonyl (C=O) groups is 2. The van der Waals surface area contributed by atoms with E-state index in [4.69, 9.17) is 14.2 Å². The summed E-state index contributed by atoms with van der Waals surface area (Å²) in [6.07, 6.45) is 15.3. The summed E-state index contributed by atoms with van der Waals surface area (Å²) in [5.41, 5.74) is 1.87. The molecule has 8 atom stereocenters. The van der Waals surface area contributed by atoms with E-state index < -0.39 is 29.4 Å². The van der Waals surface area contributed by atoms with Crippen LogP contribution in [-0.4, -0.2) is 46.6 Å². The molecule has 3 heterocycles. The third kappa shape index (κ3) is 6.61. The Bertz CT molecular complexity index is 1140. The minimum Gasteiger partial charge on any atom is -0.462 e. The molecule has 1 aliphatic carbocycles. The van der Waals surface area contributed by atoms with E-state index >= 15 is 0 Å². The number of ether oxygens (including phenoxy) is 3. The minimum atomic E-state index is -1.64. The number of allylic oxidation sites excluding steroid dienone is 6. The predicted octanol–water partition coefficient (Wildman–Crippen LogP) is 6.70. The smallest absolute Gasteiger partial charge is 0.316 e. The quantitative estimate of drug-likeness (QED) is 0.288. The summed E-state index contributed by atoms with van der Waals surface area (Å²) in [5, 5.41) is 11.8. The van der Waals surface area contributed by atoms with E-state index in [9.17, 15) is 14.7 Å². The Morgan fingerprint density at radius 1 is 1.12 bits per heavy atom. The lowest BCUT2D eigenvalue weighted by molar-refractivity contribution is -0.329. The zero-order valence-electron chi connectivity index (χ0n) is 25.4. The zero-order chi connectivity index (χ0) is 29.2. The molecule has 6 heteroatoms. The van der Waals surface area contributed by atoms with Gasteiger partial charge in [-0.2, -0.15) is 0 Å². The molecule has 8 unspecified atom stereocenters. The minimum absolute atomic E-state index is 0.0514. The van der Waals surface area contributed by atoms with Crippen molar-refractivity contribution in [3.8, 4) is 0 Å². The molecule has 0 amide bonds. The number of rotatable bonds is 1. The molecule has 40 heavy (non-hydrogen) atoms. The lowest BCUT2D eigenvalue weighted by atomic mass is 9.72. The first-order chi connectivity index (χ1) is 18.9. The number of esters is 1. The second kappa shape index (κ2) is 12.3. The molecule has 220 valence electrons. The highest BCUT2D eigenvalue weighted by Crippen LogP contribution is 2.45. The van der Waals surface area contributed by atoms with Crippen molar-refractivity contribution in [2.45, 2.75) is 123 Å². The van der Waals surface area contributed by atoms with Crippen LogP contribution in [0.1, 0.15) is 93.4 Å². The first kappa shape index (κ1) is 30.7. The molecule has 1 N–H and O–H groups in total. The SMILES string of the molecule is CC=C(C)C1OC2(CCC1C)CC1CC(CC=C(C)CC(C)C=CC=C(C)C3(O)CC(=O)C(C)=CC3C(=O)O1)O2. The fourth-order valence-electron chi connectivity index (χ4n) is 6.69. The van der Waals surface area contributed by atoms with Crippen LogP contribution in [0.25, 0.3) is 0 Å². The Hall–Kier alpha value is -2.28. The molecule has 2 fully saturated rings. The summed E-state index contributed by atoms with van der Waals surface area (Å²) in [6.45, 7) is 14.1. The summed E-state index contributed by atoms with van der Waals surface area (Å²) < 4.78 is 19.7. The molecule has 1 spiro atoms. The monoisotopic (exact) mass is 552 g/mol. The highest BCUT2D eigenvalue weighted by Gasteiger charge is 2.51. The number of hydrogen-bond donors (Lipinski definition) is 1. The Morgan fingerprint density at radius 3 is 2.60 bits per heavy atom. The molecule has 6 nitrogen and oxygen atoms in total. The average molecular weight is 553 g/mol. The fraction of sp³-hybridized carbons (Fsp3) is 0.647. The van der Waals surface area contributed by atoms with Crippen molar-refractivity contribution in [1.82, 2.24) is 0 Å². The van der Waals surface area contributed by atoms with E-state index in [0.29, 0.717) is 36.3 Å². The van der Waals surface area contributed by atoms with Crippen molar-refractivity contribution in [2.75, 3.05) is 0 Å². The van der Waals surface area contributed by atoms with Gasteiger partial charge in [-0.3, -0.25) is 9.59 Å². The van der Waals surface area contributed by atoms with Gasteiger partial charge >= 0.3 is 5.97 Å². The Labute approximate surface area is 240 Å². The molecule has 4 aliphatic rings. The van der Waals surface area contributed by atoms with E-state index in [-0.39, 0.29) is 30.3 Å². The van der Waals surface area contributed by atoms with Gasteiger partial charge in [0, 0.05) is 25.7 Å². The zero-order valence-corrected chi connectivity index (χ0v) is 25.4. The van der Waals surface area contributed by atoms with E-state index in [1.807, 2.05) is 19.1 Å². The number of fused-ring (bicyclic) bond motifs is 3. The molecule has 3 aliphatic heterocycles. The molecule has 0 aromatic rings. The molecular weight excluding hydrogens is 504 g/mol. The predicted molar refractivity (Wildman–Crippen MR) is 156 cm³/mol. The van der Waals surface area contributed by atoms with E-state index in [1.165, 1.54) is 11.1 Å². The molecule has 4 rings (SSSR count). The largest absolute Gasteiger partial charge is 0.462 e. The first-order valence-corrected chi connectivity index (χ1v) is 15.0. The van der Waals surface area contributed by atoms with Gasteiger partial charge in [0.1, 0.15) is 17.6 Å². The molecule has 0 aromatic carbocycles. The standard InChI is InChI=1S/C34H48O6/c1-8-23(4)31-24(5)14-15-33(40-31)19-28-18-27(39-33)13-12-22(3)16-21(2)10-9-11-26(7)34(37)20-30(35)25(6)17-29(34)32(36)38-28/h8-12,17,21,24,27-29,31,37H,13-16,18-20H2,1-7H3. The Morgan fingerprint density at radius 2 is 1.88 bits per heavy atom. The van der Waals surface area contributed by atoms with Gasteiger partial charge in [-0.1, -0.05) is 55.9 Å². The van der Waals surface area contributed by atoms with Crippen molar-refractivity contribution < 1.29 is 28.9 Å². The first-order valence-electron chi connectivity index (χ1n) is 15.0. The fourth-order valence-corrected chi connectivity index (χ4v) is 6.69. The van der Waals surface area contributed by atoms with Crippen LogP contribution in [0, 0.1) is 17.8 Å². The number of aliphatic hydroxyl groups is 1. The third-order valence-electron chi connectivity index (χ3n) is 9.37. The molecule has 0 aromatic heterocycles. The van der Waals surface area contributed by atoms with Crippen LogP contribution in [0.3, 0.4) is 0 Å². The van der Waals surface area contributed by atoms with E-state index in [2.05, 4.69) is 45.9 Å². The second-order valence-corrected chi connectivity index (χ2v) is 12.8. The van der Waals surface area contributed by atoms with Gasteiger partial charge in [0.05, 0.1) is 12.2 Å². The molecule has 0 radical (unpaired) electrons. The van der Waals surface area contributed by atoms with Gasteiger partial charge in [0.15, 0.2) is 11.6 Å². The topological polar surface area (TPSA) is 82.1 Å². The van der Waals surface area contributed by atoms with Crippen molar-refractivity contribution in [1.29, 1.82) is 0 Å². The summed E-state index contributed by atoms with van der Waals surface area (Å²) in [7, 11) is 0. The molecule has 2 saturated heterocycles. The maximum Gasteiger partial charge on any atom is 0.316 e. The van der Waals surface area contributed by atoms with Crippen LogP contribution in [-0.2, 0) is 23.8 Å². The van der Waals surface area contributed by atoms with Crippen molar-refractivity contribution in [3.63, 3.8) is 0 Å². The maximum absolute atomic E-state index is 13.8. The van der Waals surface area contributed by atoms with Crippen molar-refractivity contribution in [2.24, 2.45) is 17.8 Å². The maximum atomic E-state index is 13.8. The van der Waals surface area contributed by atoms with E-state index in [0.717, 1.165) is 19.3 Å². The van der Waals surface area contributed by atoms with Crippen LogP contribution in [0.5, 0.6) is 0 Å². The number of hydrogen-bond acceptors (Lipinski definition) is 6. The summed E-state index contributed by atoms with van der Waals surface area (Å²) >= 11 is 0. The Balaban J connectivity index is 1.72. The average Bonchev–Trinajstić information content (AvgIpc) is 2.90. The van der Waals surface area contributed by atoms with Crippen LogP contribution >= 0.6 is 0 Å². The summed E-state index contributed by atoms with van der Waals surface area (Å²) in [5.74, 6) is -1.82. The molecule has 0 saturated carbocycles. The van der Waals surface area contributed by atoms with Gasteiger partial charge in [0.25, 0.3) is 0 Å². The van der Waals surface area contributed by atoms with Crippen molar-refractivity contribution in [3.05, 3.63) is 58.7 Å². The summed E-state index contributed by atoms with van der Waals surface area (Å²) in [6, 6.07) is 0. The van der Waals surface area contributed by atoms with Crippen LogP contribution in [0.15, 0.2) is 58.7 Å². The van der Waals surface area contributed by atoms with Crippen LogP contribution in [0.4, 0.5) is 0 Å². The van der Waals surface area contributed by atoms with Gasteiger partial charge in [-0.25, -0.2) is 0 Å². The number of Topliss-reactive ketones (excluding diaryl/α,β-unsaturated/α-hetero) is 1. The van der Waals surface area contributed by atoms with Gasteiger partial charge in [-0.05, 0) is 82.4 Å². The summed E-state index contributed by atoms with van der Waals surface area (Å²) in [4.78, 5) is 26.5. The molecule has 2 bridgehead atoms. The highest BCUT2D eigenvalue weighted by molar-refractivity contribution is 5.99. The van der Waals surface area contributed by atoms with Crippen LogP contribution < -0.4 is 0 Å². The van der Waals surface area contributed by atoms with Crippen LogP contribution in [0.2, 0.25) is 0 Å². The van der Waals surface area contributed by atoms with E-state index in [1.54, 1.807) is 19.9 Å². The van der Waals surface area contributed by atoms with Gasteiger partial charge in [-0.15, -0.1) is 0 Å². The van der Waals surface area contributed by atoms with Gasteiger partial charge < -0.3 is 19.3 Å². The number of carbonyl (C=O) groups excluding carboxylic acids is 2. The lowest BCUT2D eigenvalue weighted by Gasteiger charge is -2.50. The number of ketones is 1. The third-order valence-corrected chi connectivity index (χ3v) is 9.37. The molecular formula is C34H48O6. The lowest BCUT2D eigenvalue weighted by Crippen LogP contribution is -2.55. The highest BCUT2D eigenvalue weighted by atomic mass is 16.7. The van der Waals surface area contributed by atoms with Gasteiger partial charge in [0.2, 0.25) is 0 Å². The normalized spacial score (nSPS) is 40.1.